The van der Waals surface area contributed by atoms with Crippen LogP contribution in [-0.2, 0) is 57.9 Å². The molecule has 0 amide bonds. The maximum atomic E-state index is 12.8. The predicted octanol–water partition coefficient (Wildman–Crippen LogP) is 18.1. The molecule has 1 saturated heterocycles. The third-order valence-electron chi connectivity index (χ3n) is 17.7. The molecule has 9 heterocycles. The number of halogens is 3. The number of nitrogens with one attached hydrogen (secondary N) is 1. The molecular weight excluding hydrogens is 1400 g/mol. The van der Waals surface area contributed by atoms with Gasteiger partial charge in [0.05, 0.1) is 57.9 Å². The Labute approximate surface area is 627 Å². The standard InChI is InChI=1S/C29H35N7OS.C23H32BNO3S.C21H22ClN3OS.C4H2Cl2N2/c1-19-13-21(8-7-20(19)9-10-24(37)25-16-30-28(38-25)29(2,3)4)23-15-26(32-18-31-23)33-27-14-22-17-35(5)11-6-12-36(22)34-27;1-15-13-17(24-27-22(5,6)23(7,8)28-24)11-9-16(15)10-12-18(26)19-14-25-20(29-19)21(2,3)4;1-13-9-15(16-10-19(22)25-12-24-16)6-5-14(13)7-8-17(26)18-11-23-20(27-18)21(2,3)4;5-3-1-4(6)8-2-7-3/h7-8,13-16,18H,6,9-12,17H2,1-5H3,(H,31,32,33,34);9,11,13-14H,10,12H2,1-8H3;5-6,9-12H,7-8H2,1-4H3;1-2H. The molecule has 0 atom stereocenters. The van der Waals surface area contributed by atoms with Gasteiger partial charge in [-0.1, -0.05) is 140 Å². The number of hydrogen-bond donors (Lipinski definition) is 1. The minimum Gasteiger partial charge on any atom is -0.399 e. The number of rotatable bonds is 17. The molecule has 10 aromatic rings. The Morgan fingerprint density at radius 3 is 1.32 bits per heavy atom. The van der Waals surface area contributed by atoms with Crippen LogP contribution in [0.1, 0.15) is 199 Å². The van der Waals surface area contributed by atoms with Gasteiger partial charge in [-0.15, -0.1) is 34.0 Å². The molecule has 18 nitrogen and oxygen atoms in total. The molecule has 102 heavy (non-hydrogen) atoms. The van der Waals surface area contributed by atoms with Crippen LogP contribution >= 0.6 is 68.8 Å². The summed E-state index contributed by atoms with van der Waals surface area (Å²) in [4.78, 5) is 80.1. The first-order chi connectivity index (χ1) is 48.0. The molecule has 3 aromatic carbocycles. The van der Waals surface area contributed by atoms with Crippen LogP contribution in [0.2, 0.25) is 15.5 Å². The molecule has 7 aromatic heterocycles. The zero-order valence-corrected chi connectivity index (χ0v) is 66.1. The molecule has 0 unspecified atom stereocenters. The summed E-state index contributed by atoms with van der Waals surface area (Å²) < 4.78 is 14.4. The van der Waals surface area contributed by atoms with Gasteiger partial charge in [0.15, 0.2) is 23.2 Å². The van der Waals surface area contributed by atoms with Gasteiger partial charge >= 0.3 is 7.12 Å². The summed E-state index contributed by atoms with van der Waals surface area (Å²) >= 11 is 21.3. The number of aryl methyl sites for hydroxylation is 7. The maximum Gasteiger partial charge on any atom is 0.494 e. The fourth-order valence-corrected chi connectivity index (χ4v) is 14.3. The van der Waals surface area contributed by atoms with Crippen LogP contribution in [0.5, 0.6) is 0 Å². The quantitative estimate of drug-likeness (QED) is 0.0509. The Morgan fingerprint density at radius 2 is 0.922 bits per heavy atom. The van der Waals surface area contributed by atoms with Crippen LogP contribution in [0, 0.1) is 20.8 Å². The van der Waals surface area contributed by atoms with Gasteiger partial charge in [-0.25, -0.2) is 44.9 Å². The van der Waals surface area contributed by atoms with Crippen LogP contribution in [0.15, 0.2) is 116 Å². The number of Topliss-reactive ketones (excluding diaryl/α,β-unsaturated/α-hetero) is 3. The lowest BCUT2D eigenvalue weighted by molar-refractivity contribution is 0.00578. The van der Waals surface area contributed by atoms with Crippen LogP contribution in [0.25, 0.3) is 22.5 Å². The molecule has 0 spiro atoms. The Morgan fingerprint density at radius 1 is 0.510 bits per heavy atom. The second kappa shape index (κ2) is 33.6. The topological polar surface area (TPSA) is 219 Å². The summed E-state index contributed by atoms with van der Waals surface area (Å²) in [5.41, 5.74) is 12.0. The van der Waals surface area contributed by atoms with E-state index < -0.39 is 0 Å². The Kier molecular flexibility index (Phi) is 25.9. The highest BCUT2D eigenvalue weighted by atomic mass is 35.5. The number of carbonyl (C=O) groups excluding carboxylic acids is 3. The van der Waals surface area contributed by atoms with Crippen LogP contribution in [0.3, 0.4) is 0 Å². The second-order valence-corrected chi connectivity index (χ2v) is 34.1. The van der Waals surface area contributed by atoms with E-state index in [9.17, 15) is 14.4 Å². The van der Waals surface area contributed by atoms with Gasteiger partial charge in [0, 0.05) is 109 Å². The number of thiazole rings is 3. The second-order valence-electron chi connectivity index (χ2n) is 29.8. The van der Waals surface area contributed by atoms with Crippen molar-refractivity contribution >= 4 is 110 Å². The fourth-order valence-electron chi connectivity index (χ4n) is 11.0. The largest absolute Gasteiger partial charge is 0.494 e. The number of aromatic nitrogens is 11. The molecule has 0 aliphatic carbocycles. The van der Waals surface area contributed by atoms with Gasteiger partial charge in [0.1, 0.15) is 40.3 Å². The Balaban J connectivity index is 0.000000171. The van der Waals surface area contributed by atoms with Crippen LogP contribution in [-0.4, -0.2) is 109 Å². The molecule has 2 aliphatic rings. The Bertz CT molecular complexity index is 4550. The third kappa shape index (κ3) is 21.4. The van der Waals surface area contributed by atoms with E-state index in [-0.39, 0.29) is 51.9 Å². The molecule has 0 radical (unpaired) electrons. The summed E-state index contributed by atoms with van der Waals surface area (Å²) in [5.74, 6) is 1.97. The van der Waals surface area contributed by atoms with Gasteiger partial charge in [0.2, 0.25) is 0 Å². The van der Waals surface area contributed by atoms with E-state index in [0.29, 0.717) is 53.4 Å². The maximum absolute atomic E-state index is 12.8. The van der Waals surface area contributed by atoms with Crippen molar-refractivity contribution in [3.05, 3.63) is 201 Å². The lowest BCUT2D eigenvalue weighted by atomic mass is 9.77. The van der Waals surface area contributed by atoms with E-state index in [2.05, 4.69) is 232 Å². The molecular formula is C77H91BCl3N13O5S3. The van der Waals surface area contributed by atoms with E-state index in [4.69, 9.17) is 49.2 Å². The zero-order chi connectivity index (χ0) is 74.1. The monoisotopic (exact) mass is 1490 g/mol. The van der Waals surface area contributed by atoms with E-state index >= 15 is 0 Å². The van der Waals surface area contributed by atoms with Crippen molar-refractivity contribution in [3.8, 4) is 22.5 Å². The summed E-state index contributed by atoms with van der Waals surface area (Å²) in [6, 6.07) is 26.0. The highest BCUT2D eigenvalue weighted by Gasteiger charge is 2.51. The smallest absolute Gasteiger partial charge is 0.399 e. The SMILES string of the molecule is Cc1cc(-c2cc(Cl)ncn2)ccc1CCC(=O)c1cnc(C(C)(C)C)s1.Cc1cc(-c2cc(Nc3cc4n(n3)CCCN(C)C4)ncn2)ccc1CCC(=O)c1cnc(C(C)(C)C)s1.Cc1cc(B2OC(C)(C)C(C)(C)O2)ccc1CCC(=O)c1cnc(C(C)(C)C)s1.Clc1cc(Cl)ncn1. The average Bonchev–Trinajstić information content (AvgIpc) is 1.62. The number of hydrogen-bond acceptors (Lipinski definition) is 20. The van der Waals surface area contributed by atoms with Crippen molar-refractivity contribution < 1.29 is 23.7 Å². The molecule has 0 bridgehead atoms. The van der Waals surface area contributed by atoms with E-state index in [0.717, 1.165) is 118 Å². The van der Waals surface area contributed by atoms with Crippen molar-refractivity contribution in [2.75, 3.05) is 18.9 Å². The molecule has 1 N–H and O–H groups in total. The number of ketones is 3. The van der Waals surface area contributed by atoms with Crippen molar-refractivity contribution in [1.29, 1.82) is 0 Å². The number of anilines is 2. The number of carbonyl (C=O) groups is 3. The average molecular weight is 1490 g/mol. The fraction of sp³-hybridized carbons (Fsp3) is 0.416. The van der Waals surface area contributed by atoms with Crippen molar-refractivity contribution in [3.63, 3.8) is 0 Å². The van der Waals surface area contributed by atoms with Gasteiger partial charge in [-0.05, 0) is 132 Å². The molecule has 25 heteroatoms. The molecule has 0 saturated carbocycles. The number of benzene rings is 3. The number of nitrogens with zero attached hydrogens (tertiary/aromatic N) is 12. The lowest BCUT2D eigenvalue weighted by Gasteiger charge is -2.32. The first-order valence-corrected chi connectivity index (χ1v) is 37.6. The first kappa shape index (κ1) is 78.8. The minimum atomic E-state index is -0.359. The summed E-state index contributed by atoms with van der Waals surface area (Å²) in [6.07, 6.45) is 14.2. The van der Waals surface area contributed by atoms with Crippen molar-refractivity contribution in [2.45, 2.75) is 196 Å². The van der Waals surface area contributed by atoms with E-state index in [1.54, 1.807) is 31.0 Å². The van der Waals surface area contributed by atoms with Crippen molar-refractivity contribution in [1.82, 2.24) is 59.5 Å². The summed E-state index contributed by atoms with van der Waals surface area (Å²) in [6.45, 7) is 36.4. The van der Waals surface area contributed by atoms with Gasteiger partial charge in [-0.3, -0.25) is 19.1 Å². The zero-order valence-electron chi connectivity index (χ0n) is 61.4. The Hall–Kier alpha value is -7.38. The van der Waals surface area contributed by atoms with Gasteiger partial charge < -0.3 is 19.5 Å². The predicted molar refractivity (Wildman–Crippen MR) is 415 cm³/mol. The lowest BCUT2D eigenvalue weighted by Crippen LogP contribution is -2.41. The molecule has 2 aliphatic heterocycles. The van der Waals surface area contributed by atoms with E-state index in [1.165, 1.54) is 69.6 Å². The van der Waals surface area contributed by atoms with E-state index in [1.807, 2.05) is 12.1 Å². The molecule has 12 rings (SSSR count). The summed E-state index contributed by atoms with van der Waals surface area (Å²) in [5, 5.41) is 12.2. The van der Waals surface area contributed by atoms with Crippen molar-refractivity contribution in [2.24, 2.45) is 0 Å². The normalized spacial score (nSPS) is 14.3. The third-order valence-corrected chi connectivity index (χ3v) is 22.7. The number of fused-ring (bicyclic) bond motifs is 1. The highest BCUT2D eigenvalue weighted by molar-refractivity contribution is 7.14. The highest BCUT2D eigenvalue weighted by Crippen LogP contribution is 2.38. The minimum absolute atomic E-state index is 0.0247. The van der Waals surface area contributed by atoms with Crippen LogP contribution < -0.4 is 10.8 Å². The molecule has 536 valence electrons. The van der Waals surface area contributed by atoms with Gasteiger partial charge in [-0.2, -0.15) is 5.10 Å². The van der Waals surface area contributed by atoms with Crippen LogP contribution in [0.4, 0.5) is 11.6 Å². The molecule has 1 fully saturated rings. The summed E-state index contributed by atoms with van der Waals surface area (Å²) in [7, 11) is 1.78. The van der Waals surface area contributed by atoms with Gasteiger partial charge in [0.25, 0.3) is 0 Å². The first-order valence-electron chi connectivity index (χ1n) is 34.1.